The third kappa shape index (κ3) is 3.94. The van der Waals surface area contributed by atoms with E-state index in [9.17, 15) is 9.59 Å². The highest BCUT2D eigenvalue weighted by molar-refractivity contribution is 6.31. The van der Waals surface area contributed by atoms with Gasteiger partial charge in [0.1, 0.15) is 6.61 Å². The predicted molar refractivity (Wildman–Crippen MR) is 120 cm³/mol. The second-order valence-electron chi connectivity index (χ2n) is 7.53. The highest BCUT2D eigenvalue weighted by atomic mass is 35.5. The second kappa shape index (κ2) is 9.22. The summed E-state index contributed by atoms with van der Waals surface area (Å²) >= 11 is 6.55. The average Bonchev–Trinajstić information content (AvgIpc) is 3.35. The van der Waals surface area contributed by atoms with Gasteiger partial charge in [0.25, 0.3) is 0 Å². The van der Waals surface area contributed by atoms with Crippen molar-refractivity contribution in [3.05, 3.63) is 57.7 Å². The van der Waals surface area contributed by atoms with Crippen molar-refractivity contribution in [3.8, 4) is 11.5 Å². The topological polar surface area (TPSA) is 76.0 Å². The van der Waals surface area contributed by atoms with E-state index in [4.69, 9.17) is 30.5 Å². The molecule has 0 saturated carbocycles. The molecule has 3 aromatic rings. The fraction of sp³-hybridized carbons (Fsp3) is 0.333. The van der Waals surface area contributed by atoms with Crippen molar-refractivity contribution >= 4 is 34.3 Å². The van der Waals surface area contributed by atoms with Gasteiger partial charge in [0.15, 0.2) is 17.3 Å². The Morgan fingerprint density at radius 1 is 1.12 bits per heavy atom. The smallest absolute Gasteiger partial charge is 0.337 e. The van der Waals surface area contributed by atoms with Crippen LogP contribution in [0.4, 0.5) is 0 Å². The third-order valence-corrected chi connectivity index (χ3v) is 5.86. The Balaban J connectivity index is 1.93. The zero-order valence-corrected chi connectivity index (χ0v) is 19.0. The van der Waals surface area contributed by atoms with E-state index in [0.29, 0.717) is 40.6 Å². The first-order chi connectivity index (χ1) is 15.5. The maximum Gasteiger partial charge on any atom is 0.337 e. The number of rotatable bonds is 8. The summed E-state index contributed by atoms with van der Waals surface area (Å²) in [5.41, 5.74) is 3.46. The van der Waals surface area contributed by atoms with Crippen LogP contribution in [0.5, 0.6) is 11.5 Å². The molecule has 0 unspecified atom stereocenters. The monoisotopic (exact) mass is 457 g/mol. The van der Waals surface area contributed by atoms with Gasteiger partial charge < -0.3 is 23.5 Å². The average molecular weight is 458 g/mol. The number of benzene rings is 2. The van der Waals surface area contributed by atoms with Crippen LogP contribution < -0.4 is 9.47 Å². The first-order valence-electron chi connectivity index (χ1n) is 10.3. The number of ketones is 1. The van der Waals surface area contributed by atoms with E-state index in [0.717, 1.165) is 28.6 Å². The Hall–Kier alpha value is -3.03. The van der Waals surface area contributed by atoms with Crippen molar-refractivity contribution in [2.24, 2.45) is 0 Å². The van der Waals surface area contributed by atoms with Gasteiger partial charge in [-0.15, -0.1) is 0 Å². The fourth-order valence-corrected chi connectivity index (χ4v) is 4.30. The van der Waals surface area contributed by atoms with Gasteiger partial charge in [0.2, 0.25) is 6.79 Å². The van der Waals surface area contributed by atoms with Crippen LogP contribution in [0.1, 0.15) is 45.3 Å². The normalized spacial score (nSPS) is 12.4. The molecule has 2 aromatic carbocycles. The molecule has 0 fully saturated rings. The molecule has 0 amide bonds. The van der Waals surface area contributed by atoms with Crippen LogP contribution in [0.15, 0.2) is 30.3 Å². The number of ether oxygens (including phenoxy) is 4. The molecule has 2 heterocycles. The number of methoxy groups -OCH3 is 2. The molecule has 1 aromatic heterocycles. The van der Waals surface area contributed by atoms with Crippen LogP contribution in [0.25, 0.3) is 10.9 Å². The molecule has 4 rings (SSSR count). The molecule has 1 aliphatic rings. The summed E-state index contributed by atoms with van der Waals surface area (Å²) in [5.74, 6) is 0.683. The van der Waals surface area contributed by atoms with Gasteiger partial charge in [-0.25, -0.2) is 4.79 Å². The first-order valence-corrected chi connectivity index (χ1v) is 10.7. The second-order valence-corrected chi connectivity index (χ2v) is 7.94. The Morgan fingerprint density at radius 2 is 1.88 bits per heavy atom. The first kappa shape index (κ1) is 22.2. The quantitative estimate of drug-likeness (QED) is 0.362. The zero-order valence-electron chi connectivity index (χ0n) is 18.2. The summed E-state index contributed by atoms with van der Waals surface area (Å²) in [6, 6.07) is 8.81. The standard InChI is InChI=1S/C24H24ClNO6/c1-4-5-18-23(20(27)12-29-2)16-7-6-14(24(28)30-3)8-19(16)26(18)11-15-9-21-22(10-17(15)25)32-13-31-21/h6-10H,4-5,11-13H2,1-3H3. The van der Waals surface area contributed by atoms with Crippen LogP contribution >= 0.6 is 11.6 Å². The molecule has 32 heavy (non-hydrogen) atoms. The summed E-state index contributed by atoms with van der Waals surface area (Å²) in [5, 5.41) is 1.30. The van der Waals surface area contributed by atoms with Gasteiger partial charge in [-0.1, -0.05) is 31.0 Å². The van der Waals surface area contributed by atoms with Crippen LogP contribution in [0.2, 0.25) is 5.02 Å². The summed E-state index contributed by atoms with van der Waals surface area (Å²) in [7, 11) is 2.84. The van der Waals surface area contributed by atoms with E-state index in [1.807, 2.05) is 10.6 Å². The lowest BCUT2D eigenvalue weighted by atomic mass is 10.0. The maximum atomic E-state index is 13.0. The van der Waals surface area contributed by atoms with Crippen molar-refractivity contribution in [2.75, 3.05) is 27.6 Å². The predicted octanol–water partition coefficient (Wildman–Crippen LogP) is 4.64. The number of Topliss-reactive ketones (excluding diaryl/α,β-unsaturated/α-hetero) is 1. The van der Waals surface area contributed by atoms with Gasteiger partial charge >= 0.3 is 5.97 Å². The minimum Gasteiger partial charge on any atom is -0.465 e. The molecule has 0 N–H and O–H groups in total. The lowest BCUT2D eigenvalue weighted by Gasteiger charge is -2.14. The number of fused-ring (bicyclic) bond motifs is 2. The fourth-order valence-electron chi connectivity index (χ4n) is 4.09. The Labute approximate surface area is 190 Å². The molecule has 0 saturated heterocycles. The minimum absolute atomic E-state index is 0.0284. The molecular formula is C24H24ClNO6. The third-order valence-electron chi connectivity index (χ3n) is 5.50. The van der Waals surface area contributed by atoms with Crippen molar-refractivity contribution in [1.29, 1.82) is 0 Å². The van der Waals surface area contributed by atoms with E-state index in [1.54, 1.807) is 24.3 Å². The largest absolute Gasteiger partial charge is 0.465 e. The van der Waals surface area contributed by atoms with E-state index < -0.39 is 5.97 Å². The van der Waals surface area contributed by atoms with Gasteiger partial charge in [0, 0.05) is 41.4 Å². The number of carbonyl (C=O) groups excluding carboxylic acids is 2. The molecule has 0 bridgehead atoms. The Kier molecular flexibility index (Phi) is 6.39. The Morgan fingerprint density at radius 3 is 2.56 bits per heavy atom. The van der Waals surface area contributed by atoms with Crippen molar-refractivity contribution in [2.45, 2.75) is 26.3 Å². The van der Waals surface area contributed by atoms with E-state index in [-0.39, 0.29) is 19.2 Å². The zero-order chi connectivity index (χ0) is 22.8. The van der Waals surface area contributed by atoms with Crippen LogP contribution in [-0.4, -0.2) is 43.9 Å². The number of aromatic nitrogens is 1. The molecule has 7 nitrogen and oxygen atoms in total. The van der Waals surface area contributed by atoms with Crippen molar-refractivity contribution in [3.63, 3.8) is 0 Å². The number of carbonyl (C=O) groups is 2. The number of hydrogen-bond acceptors (Lipinski definition) is 6. The van der Waals surface area contributed by atoms with E-state index >= 15 is 0 Å². The lowest BCUT2D eigenvalue weighted by Crippen LogP contribution is -2.12. The van der Waals surface area contributed by atoms with Crippen LogP contribution in [-0.2, 0) is 22.4 Å². The summed E-state index contributed by atoms with van der Waals surface area (Å²) in [4.78, 5) is 25.2. The van der Waals surface area contributed by atoms with E-state index in [2.05, 4.69) is 6.92 Å². The highest BCUT2D eigenvalue weighted by Crippen LogP contribution is 2.38. The summed E-state index contributed by atoms with van der Waals surface area (Å²) in [6.45, 7) is 2.58. The van der Waals surface area contributed by atoms with Crippen LogP contribution in [0.3, 0.4) is 0 Å². The number of halogens is 1. The maximum absolute atomic E-state index is 13.0. The molecule has 0 aliphatic carbocycles. The molecule has 0 atom stereocenters. The van der Waals surface area contributed by atoms with Gasteiger partial charge in [-0.05, 0) is 30.2 Å². The number of nitrogens with zero attached hydrogens (tertiary/aromatic N) is 1. The van der Waals surface area contributed by atoms with Gasteiger partial charge in [-0.2, -0.15) is 0 Å². The van der Waals surface area contributed by atoms with Crippen molar-refractivity contribution < 1.29 is 28.5 Å². The summed E-state index contributed by atoms with van der Waals surface area (Å²) in [6.07, 6.45) is 1.51. The molecule has 0 spiro atoms. The summed E-state index contributed by atoms with van der Waals surface area (Å²) < 4.78 is 23.0. The molecular weight excluding hydrogens is 434 g/mol. The molecule has 168 valence electrons. The van der Waals surface area contributed by atoms with Gasteiger partial charge in [-0.3, -0.25) is 4.79 Å². The van der Waals surface area contributed by atoms with Crippen molar-refractivity contribution in [1.82, 2.24) is 4.57 Å². The van der Waals surface area contributed by atoms with Gasteiger partial charge in [0.05, 0.1) is 18.2 Å². The minimum atomic E-state index is -0.442. The van der Waals surface area contributed by atoms with E-state index in [1.165, 1.54) is 14.2 Å². The lowest BCUT2D eigenvalue weighted by molar-refractivity contribution is 0.0600. The SMILES string of the molecule is CCCc1c(C(=O)COC)c2ccc(C(=O)OC)cc2n1Cc1cc2c(cc1Cl)OCO2. The number of hydrogen-bond donors (Lipinski definition) is 0. The molecule has 0 radical (unpaired) electrons. The Bertz CT molecular complexity index is 1200. The molecule has 1 aliphatic heterocycles. The highest BCUT2D eigenvalue weighted by Gasteiger charge is 2.24. The number of esters is 1. The van der Waals surface area contributed by atoms with Crippen LogP contribution in [0, 0.1) is 0 Å². The molecule has 8 heteroatoms.